The molecule has 0 saturated heterocycles. The molecule has 2 N–H and O–H groups in total. The molecule has 0 spiro atoms. The summed E-state index contributed by atoms with van der Waals surface area (Å²) in [4.78, 5) is 11.8. The molecule has 0 aliphatic carbocycles. The van der Waals surface area contributed by atoms with E-state index in [1.54, 1.807) is 18.5 Å². The van der Waals surface area contributed by atoms with Gasteiger partial charge in [0.05, 0.1) is 17.7 Å². The quantitative estimate of drug-likeness (QED) is 0.740. The van der Waals surface area contributed by atoms with E-state index in [0.717, 1.165) is 5.69 Å². The molecule has 0 saturated carbocycles. The van der Waals surface area contributed by atoms with Gasteiger partial charge in [0.2, 0.25) is 0 Å². The van der Waals surface area contributed by atoms with Gasteiger partial charge in [0.25, 0.3) is 0 Å². The second kappa shape index (κ2) is 5.12. The number of rotatable bonds is 5. The fourth-order valence-corrected chi connectivity index (χ4v) is 1.49. The summed E-state index contributed by atoms with van der Waals surface area (Å²) >= 11 is 0. The van der Waals surface area contributed by atoms with E-state index < -0.39 is 5.41 Å². The standard InChI is InChI=1S/C11H19N3O2/c1-4-16-10(15)11(2,8-12)7-9-5-6-14(3)13-9/h5-6H,4,7-8,12H2,1-3H3. The number of aromatic nitrogens is 2. The molecule has 0 aromatic carbocycles. The first-order valence-corrected chi connectivity index (χ1v) is 5.37. The summed E-state index contributed by atoms with van der Waals surface area (Å²) in [6.45, 7) is 4.22. The lowest BCUT2D eigenvalue weighted by atomic mass is 9.85. The van der Waals surface area contributed by atoms with E-state index in [1.807, 2.05) is 19.3 Å². The second-order valence-electron chi connectivity index (χ2n) is 4.14. The molecule has 1 unspecified atom stereocenters. The average molecular weight is 225 g/mol. The average Bonchev–Trinajstić information content (AvgIpc) is 2.64. The monoisotopic (exact) mass is 225 g/mol. The van der Waals surface area contributed by atoms with Crippen molar-refractivity contribution < 1.29 is 9.53 Å². The van der Waals surface area contributed by atoms with E-state index in [2.05, 4.69) is 5.10 Å². The van der Waals surface area contributed by atoms with E-state index in [1.165, 1.54) is 0 Å². The highest BCUT2D eigenvalue weighted by Crippen LogP contribution is 2.22. The Hall–Kier alpha value is -1.36. The maximum absolute atomic E-state index is 11.8. The Bertz CT molecular complexity index is 362. The molecule has 5 nitrogen and oxygen atoms in total. The van der Waals surface area contributed by atoms with Gasteiger partial charge in [-0.3, -0.25) is 9.48 Å². The molecule has 0 fully saturated rings. The van der Waals surface area contributed by atoms with Crippen LogP contribution < -0.4 is 5.73 Å². The zero-order chi connectivity index (χ0) is 12.2. The summed E-state index contributed by atoms with van der Waals surface area (Å²) in [6.07, 6.45) is 2.35. The number of carbonyl (C=O) groups is 1. The third kappa shape index (κ3) is 2.82. The molecular weight excluding hydrogens is 206 g/mol. The van der Waals surface area contributed by atoms with Gasteiger partial charge in [-0.05, 0) is 19.9 Å². The highest BCUT2D eigenvalue weighted by atomic mass is 16.5. The molecule has 1 rings (SSSR count). The summed E-state index contributed by atoms with van der Waals surface area (Å²) in [6, 6.07) is 1.88. The molecule has 1 aromatic rings. The second-order valence-corrected chi connectivity index (χ2v) is 4.14. The number of hydrogen-bond acceptors (Lipinski definition) is 4. The summed E-state index contributed by atoms with van der Waals surface area (Å²) in [5.41, 5.74) is 5.82. The van der Waals surface area contributed by atoms with Gasteiger partial charge in [0.1, 0.15) is 0 Å². The third-order valence-electron chi connectivity index (χ3n) is 2.56. The predicted molar refractivity (Wildman–Crippen MR) is 60.7 cm³/mol. The smallest absolute Gasteiger partial charge is 0.313 e. The van der Waals surface area contributed by atoms with Crippen molar-refractivity contribution in [3.8, 4) is 0 Å². The number of ether oxygens (including phenoxy) is 1. The Labute approximate surface area is 95.6 Å². The predicted octanol–water partition coefficient (Wildman–Crippen LogP) is 0.491. The molecule has 1 aromatic heterocycles. The fraction of sp³-hybridized carbons (Fsp3) is 0.636. The van der Waals surface area contributed by atoms with Gasteiger partial charge in [-0.25, -0.2) is 0 Å². The van der Waals surface area contributed by atoms with Gasteiger partial charge in [-0.15, -0.1) is 0 Å². The van der Waals surface area contributed by atoms with Crippen LogP contribution in [0.3, 0.4) is 0 Å². The zero-order valence-electron chi connectivity index (χ0n) is 10.1. The largest absolute Gasteiger partial charge is 0.466 e. The molecule has 0 aliphatic rings. The van der Waals surface area contributed by atoms with Gasteiger partial charge < -0.3 is 10.5 Å². The van der Waals surface area contributed by atoms with Crippen LogP contribution in [0.2, 0.25) is 0 Å². The summed E-state index contributed by atoms with van der Waals surface area (Å²) in [5.74, 6) is -0.261. The van der Waals surface area contributed by atoms with Crippen molar-refractivity contribution in [2.75, 3.05) is 13.2 Å². The van der Waals surface area contributed by atoms with Crippen LogP contribution in [0.1, 0.15) is 19.5 Å². The van der Waals surface area contributed by atoms with E-state index in [4.69, 9.17) is 10.5 Å². The molecule has 5 heteroatoms. The highest BCUT2D eigenvalue weighted by molar-refractivity contribution is 5.77. The fourth-order valence-electron chi connectivity index (χ4n) is 1.49. The molecule has 0 aliphatic heterocycles. The van der Waals surface area contributed by atoms with Crippen LogP contribution >= 0.6 is 0 Å². The Morgan fingerprint density at radius 1 is 1.69 bits per heavy atom. The highest BCUT2D eigenvalue weighted by Gasteiger charge is 2.34. The zero-order valence-corrected chi connectivity index (χ0v) is 10.1. The maximum Gasteiger partial charge on any atom is 0.313 e. The van der Waals surface area contributed by atoms with Gasteiger partial charge in [-0.2, -0.15) is 5.10 Å². The lowest BCUT2D eigenvalue weighted by Crippen LogP contribution is -2.39. The molecule has 1 atom stereocenters. The minimum absolute atomic E-state index is 0.252. The van der Waals surface area contributed by atoms with Crippen LogP contribution in [0, 0.1) is 5.41 Å². The molecule has 0 bridgehead atoms. The Morgan fingerprint density at radius 3 is 2.81 bits per heavy atom. The van der Waals surface area contributed by atoms with Crippen LogP contribution in [0.5, 0.6) is 0 Å². The molecule has 90 valence electrons. The van der Waals surface area contributed by atoms with E-state index in [-0.39, 0.29) is 12.5 Å². The van der Waals surface area contributed by atoms with Gasteiger partial charge >= 0.3 is 5.97 Å². The van der Waals surface area contributed by atoms with Gasteiger partial charge in [0.15, 0.2) is 0 Å². The lowest BCUT2D eigenvalue weighted by Gasteiger charge is -2.24. The first kappa shape index (κ1) is 12.7. The van der Waals surface area contributed by atoms with E-state index >= 15 is 0 Å². The first-order chi connectivity index (χ1) is 7.51. The third-order valence-corrected chi connectivity index (χ3v) is 2.56. The molecule has 16 heavy (non-hydrogen) atoms. The summed E-state index contributed by atoms with van der Waals surface area (Å²) < 4.78 is 6.73. The van der Waals surface area contributed by atoms with Crippen molar-refractivity contribution >= 4 is 5.97 Å². The molecular formula is C11H19N3O2. The molecule has 0 radical (unpaired) electrons. The Balaban J connectivity index is 2.77. The van der Waals surface area contributed by atoms with Crippen LogP contribution in [0.25, 0.3) is 0 Å². The Morgan fingerprint density at radius 2 is 2.38 bits per heavy atom. The van der Waals surface area contributed by atoms with Gasteiger partial charge in [-0.1, -0.05) is 0 Å². The van der Waals surface area contributed by atoms with Crippen molar-refractivity contribution in [3.05, 3.63) is 18.0 Å². The van der Waals surface area contributed by atoms with Crippen molar-refractivity contribution in [2.24, 2.45) is 18.2 Å². The SMILES string of the molecule is CCOC(=O)C(C)(CN)Cc1ccn(C)n1. The minimum Gasteiger partial charge on any atom is -0.466 e. The first-order valence-electron chi connectivity index (χ1n) is 5.37. The van der Waals surface area contributed by atoms with Crippen LogP contribution in [-0.4, -0.2) is 28.9 Å². The van der Waals surface area contributed by atoms with Crippen molar-refractivity contribution in [2.45, 2.75) is 20.3 Å². The van der Waals surface area contributed by atoms with E-state index in [9.17, 15) is 4.79 Å². The van der Waals surface area contributed by atoms with Crippen molar-refractivity contribution in [1.82, 2.24) is 9.78 Å². The van der Waals surface area contributed by atoms with Crippen molar-refractivity contribution in [1.29, 1.82) is 0 Å². The number of aryl methyl sites for hydroxylation is 1. The molecule has 1 heterocycles. The van der Waals surface area contributed by atoms with Crippen LogP contribution in [0.15, 0.2) is 12.3 Å². The minimum atomic E-state index is -0.690. The number of esters is 1. The maximum atomic E-state index is 11.8. The van der Waals surface area contributed by atoms with Gasteiger partial charge in [0, 0.05) is 26.2 Å². The number of nitrogens with zero attached hydrogens (tertiary/aromatic N) is 2. The normalized spacial score (nSPS) is 14.5. The summed E-state index contributed by atoms with van der Waals surface area (Å²) in [7, 11) is 1.84. The van der Waals surface area contributed by atoms with Crippen LogP contribution in [-0.2, 0) is 23.0 Å². The number of carbonyl (C=O) groups excluding carboxylic acids is 1. The summed E-state index contributed by atoms with van der Waals surface area (Å²) in [5, 5.41) is 4.24. The van der Waals surface area contributed by atoms with Crippen molar-refractivity contribution in [3.63, 3.8) is 0 Å². The number of hydrogen-bond donors (Lipinski definition) is 1. The van der Waals surface area contributed by atoms with E-state index in [0.29, 0.717) is 13.0 Å². The lowest BCUT2D eigenvalue weighted by molar-refractivity contribution is -0.153. The molecule has 0 amide bonds. The van der Waals surface area contributed by atoms with Crippen LogP contribution in [0.4, 0.5) is 0 Å². The number of nitrogens with two attached hydrogens (primary N) is 1. The Kier molecular flexibility index (Phi) is 4.06. The topological polar surface area (TPSA) is 70.1 Å².